The highest BCUT2D eigenvalue weighted by Gasteiger charge is 1.97. The van der Waals surface area contributed by atoms with Crippen molar-refractivity contribution in [1.82, 2.24) is 10.5 Å². The molecule has 0 bridgehead atoms. The molecule has 0 saturated carbocycles. The Bertz CT molecular complexity index is 306. The zero-order chi connectivity index (χ0) is 9.52. The van der Waals surface area contributed by atoms with Crippen molar-refractivity contribution < 1.29 is 4.52 Å². The van der Waals surface area contributed by atoms with Gasteiger partial charge in [-0.25, -0.2) is 0 Å². The Kier molecular flexibility index (Phi) is 4.07. The maximum atomic E-state index is 4.92. The van der Waals surface area contributed by atoms with Crippen molar-refractivity contribution in [1.29, 1.82) is 0 Å². The molecule has 1 heterocycles. The molecule has 0 spiro atoms. The van der Waals surface area contributed by atoms with Crippen LogP contribution in [0.25, 0.3) is 0 Å². The van der Waals surface area contributed by atoms with Crippen LogP contribution in [0.5, 0.6) is 0 Å². The Balaban J connectivity index is 2.15. The standard InChI is InChI=1S/C10H14N2O/c1-3-4-5-6-11-8-10-7-9(2)13-12-10/h7,11H,5-6,8H2,1-2H3. The van der Waals surface area contributed by atoms with Crippen LogP contribution in [0.4, 0.5) is 0 Å². The number of aryl methyl sites for hydroxylation is 1. The van der Waals surface area contributed by atoms with Gasteiger partial charge >= 0.3 is 0 Å². The summed E-state index contributed by atoms with van der Waals surface area (Å²) in [6, 6.07) is 1.93. The topological polar surface area (TPSA) is 38.1 Å². The molecular formula is C10H14N2O. The summed E-state index contributed by atoms with van der Waals surface area (Å²) in [6.45, 7) is 5.38. The van der Waals surface area contributed by atoms with Crippen LogP contribution < -0.4 is 5.32 Å². The van der Waals surface area contributed by atoms with Crippen LogP contribution in [0.3, 0.4) is 0 Å². The molecule has 0 saturated heterocycles. The predicted octanol–water partition coefficient (Wildman–Crippen LogP) is 1.49. The van der Waals surface area contributed by atoms with Crippen molar-refractivity contribution in [2.75, 3.05) is 6.54 Å². The summed E-state index contributed by atoms with van der Waals surface area (Å²) >= 11 is 0. The average Bonchev–Trinajstić information content (AvgIpc) is 2.51. The second-order valence-corrected chi connectivity index (χ2v) is 2.78. The molecule has 1 N–H and O–H groups in total. The van der Waals surface area contributed by atoms with E-state index in [1.54, 1.807) is 0 Å². The molecule has 1 aromatic rings. The molecular weight excluding hydrogens is 164 g/mol. The normalized spacial score (nSPS) is 9.38. The highest BCUT2D eigenvalue weighted by Crippen LogP contribution is 2.00. The second kappa shape index (κ2) is 5.39. The van der Waals surface area contributed by atoms with E-state index in [-0.39, 0.29) is 0 Å². The predicted molar refractivity (Wildman–Crippen MR) is 51.0 cm³/mol. The van der Waals surface area contributed by atoms with E-state index >= 15 is 0 Å². The van der Waals surface area contributed by atoms with E-state index in [0.29, 0.717) is 0 Å². The molecule has 1 aromatic heterocycles. The zero-order valence-electron chi connectivity index (χ0n) is 8.05. The first kappa shape index (κ1) is 9.82. The third-order valence-electron chi connectivity index (χ3n) is 1.59. The molecule has 70 valence electrons. The third-order valence-corrected chi connectivity index (χ3v) is 1.59. The fourth-order valence-corrected chi connectivity index (χ4v) is 0.994. The molecule has 0 aromatic carbocycles. The van der Waals surface area contributed by atoms with Gasteiger partial charge in [0.2, 0.25) is 0 Å². The van der Waals surface area contributed by atoms with Crippen molar-refractivity contribution in [3.8, 4) is 11.8 Å². The van der Waals surface area contributed by atoms with Gasteiger partial charge in [0.05, 0.1) is 5.69 Å². The Labute approximate surface area is 78.5 Å². The Hall–Kier alpha value is -1.27. The van der Waals surface area contributed by atoms with Gasteiger partial charge in [-0.3, -0.25) is 0 Å². The van der Waals surface area contributed by atoms with Crippen LogP contribution in [0, 0.1) is 18.8 Å². The van der Waals surface area contributed by atoms with E-state index in [2.05, 4.69) is 22.3 Å². The third kappa shape index (κ3) is 3.77. The van der Waals surface area contributed by atoms with Crippen LogP contribution in [-0.2, 0) is 6.54 Å². The average molecular weight is 178 g/mol. The van der Waals surface area contributed by atoms with Gasteiger partial charge in [-0.05, 0) is 13.8 Å². The van der Waals surface area contributed by atoms with Gasteiger partial charge < -0.3 is 9.84 Å². The molecule has 0 unspecified atom stereocenters. The first-order chi connectivity index (χ1) is 6.33. The van der Waals surface area contributed by atoms with Gasteiger partial charge in [-0.1, -0.05) is 5.16 Å². The fourth-order valence-electron chi connectivity index (χ4n) is 0.994. The highest BCUT2D eigenvalue weighted by atomic mass is 16.5. The Morgan fingerprint density at radius 1 is 1.62 bits per heavy atom. The summed E-state index contributed by atoms with van der Waals surface area (Å²) in [6.07, 6.45) is 0.882. The monoisotopic (exact) mass is 178 g/mol. The molecule has 0 aliphatic carbocycles. The summed E-state index contributed by atoms with van der Waals surface area (Å²) in [7, 11) is 0. The molecule has 0 radical (unpaired) electrons. The van der Waals surface area contributed by atoms with Crippen molar-refractivity contribution in [2.45, 2.75) is 26.8 Å². The molecule has 3 nitrogen and oxygen atoms in total. The van der Waals surface area contributed by atoms with E-state index in [0.717, 1.165) is 31.0 Å². The SMILES string of the molecule is CC#CCCNCc1cc(C)on1. The summed E-state index contributed by atoms with van der Waals surface area (Å²) in [5.74, 6) is 6.68. The lowest BCUT2D eigenvalue weighted by Crippen LogP contribution is -2.14. The van der Waals surface area contributed by atoms with Gasteiger partial charge in [0.1, 0.15) is 5.76 Å². The first-order valence-corrected chi connectivity index (χ1v) is 4.35. The summed E-state index contributed by atoms with van der Waals surface area (Å²) < 4.78 is 4.92. The number of nitrogens with one attached hydrogen (secondary N) is 1. The number of rotatable bonds is 4. The minimum absolute atomic E-state index is 0.753. The number of aromatic nitrogens is 1. The number of hydrogen-bond acceptors (Lipinski definition) is 3. The van der Waals surface area contributed by atoms with Gasteiger partial charge in [0, 0.05) is 25.6 Å². The number of hydrogen-bond donors (Lipinski definition) is 1. The molecule has 0 amide bonds. The molecule has 13 heavy (non-hydrogen) atoms. The maximum Gasteiger partial charge on any atom is 0.133 e. The van der Waals surface area contributed by atoms with E-state index in [9.17, 15) is 0 Å². The van der Waals surface area contributed by atoms with Gasteiger partial charge in [0.15, 0.2) is 0 Å². The first-order valence-electron chi connectivity index (χ1n) is 4.35. The van der Waals surface area contributed by atoms with E-state index < -0.39 is 0 Å². The van der Waals surface area contributed by atoms with Gasteiger partial charge in [0.25, 0.3) is 0 Å². The van der Waals surface area contributed by atoms with Crippen molar-refractivity contribution in [2.24, 2.45) is 0 Å². The maximum absolute atomic E-state index is 4.92. The lowest BCUT2D eigenvalue weighted by atomic mass is 10.3. The van der Waals surface area contributed by atoms with E-state index in [1.165, 1.54) is 0 Å². The minimum atomic E-state index is 0.753. The fraction of sp³-hybridized carbons (Fsp3) is 0.500. The van der Waals surface area contributed by atoms with Crippen LogP contribution in [-0.4, -0.2) is 11.7 Å². The van der Waals surface area contributed by atoms with E-state index in [4.69, 9.17) is 4.52 Å². The van der Waals surface area contributed by atoms with E-state index in [1.807, 2.05) is 19.9 Å². The lowest BCUT2D eigenvalue weighted by molar-refractivity contribution is 0.388. The zero-order valence-corrected chi connectivity index (χ0v) is 8.05. The van der Waals surface area contributed by atoms with Crippen molar-refractivity contribution in [3.63, 3.8) is 0 Å². The van der Waals surface area contributed by atoms with Crippen molar-refractivity contribution >= 4 is 0 Å². The van der Waals surface area contributed by atoms with Crippen LogP contribution in [0.1, 0.15) is 24.8 Å². The second-order valence-electron chi connectivity index (χ2n) is 2.78. The number of nitrogens with zero attached hydrogens (tertiary/aromatic N) is 1. The molecule has 3 heteroatoms. The van der Waals surface area contributed by atoms with Crippen LogP contribution in [0.2, 0.25) is 0 Å². The van der Waals surface area contributed by atoms with Crippen LogP contribution >= 0.6 is 0 Å². The van der Waals surface area contributed by atoms with Crippen LogP contribution in [0.15, 0.2) is 10.6 Å². The molecule has 0 fully saturated rings. The molecule has 0 aliphatic heterocycles. The summed E-state index contributed by atoms with van der Waals surface area (Å²) in [5, 5.41) is 7.08. The largest absolute Gasteiger partial charge is 0.361 e. The minimum Gasteiger partial charge on any atom is -0.361 e. The Morgan fingerprint density at radius 3 is 3.08 bits per heavy atom. The summed E-state index contributed by atoms with van der Waals surface area (Å²) in [4.78, 5) is 0. The smallest absolute Gasteiger partial charge is 0.133 e. The van der Waals surface area contributed by atoms with Gasteiger partial charge in [-0.2, -0.15) is 0 Å². The Morgan fingerprint density at radius 2 is 2.46 bits per heavy atom. The molecule has 1 rings (SSSR count). The highest BCUT2D eigenvalue weighted by molar-refractivity contribution is 5.03. The summed E-state index contributed by atoms with van der Waals surface area (Å²) in [5.41, 5.74) is 0.946. The van der Waals surface area contributed by atoms with Crippen molar-refractivity contribution in [3.05, 3.63) is 17.5 Å². The lowest BCUT2D eigenvalue weighted by Gasteiger charge is -1.96. The quantitative estimate of drug-likeness (QED) is 0.560. The van der Waals surface area contributed by atoms with Gasteiger partial charge in [-0.15, -0.1) is 11.8 Å². The molecule has 0 atom stereocenters. The molecule has 0 aliphatic rings.